The van der Waals surface area contributed by atoms with Gasteiger partial charge in [0.2, 0.25) is 0 Å². The highest BCUT2D eigenvalue weighted by Gasteiger charge is 2.16. The lowest BCUT2D eigenvalue weighted by Crippen LogP contribution is -1.90. The Balaban J connectivity index is 1.98. The van der Waals surface area contributed by atoms with Gasteiger partial charge in [-0.15, -0.1) is 5.10 Å². The van der Waals surface area contributed by atoms with Gasteiger partial charge in [0.05, 0.1) is 10.0 Å². The lowest BCUT2D eigenvalue weighted by molar-refractivity contribution is 0.462. The van der Waals surface area contributed by atoms with Gasteiger partial charge in [0.25, 0.3) is 5.88 Å². The van der Waals surface area contributed by atoms with E-state index in [-0.39, 0.29) is 16.7 Å². The first-order chi connectivity index (χ1) is 10.1. The summed E-state index contributed by atoms with van der Waals surface area (Å²) in [6.07, 6.45) is 0. The third-order valence-corrected chi connectivity index (χ3v) is 3.37. The monoisotopic (exact) mass is 323 g/mol. The quantitative estimate of drug-likeness (QED) is 0.759. The van der Waals surface area contributed by atoms with Gasteiger partial charge in [-0.3, -0.25) is 0 Å². The van der Waals surface area contributed by atoms with Crippen molar-refractivity contribution >= 4 is 23.2 Å². The molecular formula is C14H8Cl2FN3O. The zero-order chi connectivity index (χ0) is 14.8. The molecule has 2 aromatic carbocycles. The van der Waals surface area contributed by atoms with Crippen molar-refractivity contribution in [2.75, 3.05) is 0 Å². The van der Waals surface area contributed by atoms with E-state index in [1.54, 1.807) is 12.1 Å². The van der Waals surface area contributed by atoms with E-state index in [0.717, 1.165) is 6.07 Å². The Morgan fingerprint density at radius 1 is 1.00 bits per heavy atom. The molecule has 4 nitrogen and oxygen atoms in total. The largest absolute Gasteiger partial charge is 0.434 e. The first kappa shape index (κ1) is 13.9. The van der Waals surface area contributed by atoms with Gasteiger partial charge in [0.15, 0.2) is 5.69 Å². The number of nitrogens with zero attached hydrogens (tertiary/aromatic N) is 2. The summed E-state index contributed by atoms with van der Waals surface area (Å²) < 4.78 is 18.6. The van der Waals surface area contributed by atoms with Crippen LogP contribution < -0.4 is 4.74 Å². The third-order valence-electron chi connectivity index (χ3n) is 2.75. The molecule has 3 rings (SSSR count). The maximum absolute atomic E-state index is 13.0. The Hall–Kier alpha value is -2.11. The molecule has 0 spiro atoms. The number of hydrogen-bond acceptors (Lipinski definition) is 3. The predicted molar refractivity (Wildman–Crippen MR) is 78.3 cm³/mol. The van der Waals surface area contributed by atoms with Gasteiger partial charge in [-0.05, 0) is 24.3 Å². The molecule has 0 aliphatic heterocycles. The first-order valence-corrected chi connectivity index (χ1v) is 6.69. The molecule has 0 aliphatic rings. The summed E-state index contributed by atoms with van der Waals surface area (Å²) in [5, 5.41) is 11.1. The molecule has 7 heteroatoms. The van der Waals surface area contributed by atoms with Crippen molar-refractivity contribution in [1.82, 2.24) is 15.4 Å². The molecule has 0 fully saturated rings. The highest BCUT2D eigenvalue weighted by Crippen LogP contribution is 2.35. The average Bonchev–Trinajstić information content (AvgIpc) is 2.90. The second-order valence-electron chi connectivity index (χ2n) is 4.13. The third kappa shape index (κ3) is 2.84. The molecule has 1 N–H and O–H groups in total. The molecule has 21 heavy (non-hydrogen) atoms. The molecule has 0 atom stereocenters. The molecule has 106 valence electrons. The number of H-pyrrole nitrogens is 1. The molecule has 3 aromatic rings. The van der Waals surface area contributed by atoms with Gasteiger partial charge in [-0.1, -0.05) is 41.4 Å². The van der Waals surface area contributed by atoms with Crippen molar-refractivity contribution in [3.05, 3.63) is 58.3 Å². The van der Waals surface area contributed by atoms with E-state index in [9.17, 15) is 4.39 Å². The molecule has 0 saturated carbocycles. The van der Waals surface area contributed by atoms with Crippen LogP contribution in [-0.2, 0) is 0 Å². The zero-order valence-electron chi connectivity index (χ0n) is 10.5. The number of ether oxygens (including phenoxy) is 1. The first-order valence-electron chi connectivity index (χ1n) is 5.94. The summed E-state index contributed by atoms with van der Waals surface area (Å²) in [7, 11) is 0. The van der Waals surface area contributed by atoms with Crippen molar-refractivity contribution in [2.24, 2.45) is 0 Å². The molecule has 0 aliphatic carbocycles. The van der Waals surface area contributed by atoms with Crippen LogP contribution in [-0.4, -0.2) is 15.4 Å². The summed E-state index contributed by atoms with van der Waals surface area (Å²) in [4.78, 5) is 0. The number of hydrogen-bond donors (Lipinski definition) is 1. The van der Waals surface area contributed by atoms with Crippen molar-refractivity contribution < 1.29 is 9.13 Å². The fourth-order valence-electron chi connectivity index (χ4n) is 1.78. The molecule has 1 aromatic heterocycles. The van der Waals surface area contributed by atoms with Crippen molar-refractivity contribution in [1.29, 1.82) is 0 Å². The average molecular weight is 324 g/mol. The smallest absolute Gasteiger partial charge is 0.266 e. The van der Waals surface area contributed by atoms with Crippen LogP contribution in [0.5, 0.6) is 11.6 Å². The van der Waals surface area contributed by atoms with Gasteiger partial charge in [0.1, 0.15) is 11.6 Å². The second-order valence-corrected chi connectivity index (χ2v) is 4.95. The van der Waals surface area contributed by atoms with E-state index in [1.807, 2.05) is 12.1 Å². The van der Waals surface area contributed by atoms with Gasteiger partial charge >= 0.3 is 0 Å². The Bertz CT molecular complexity index is 791. The van der Waals surface area contributed by atoms with Crippen molar-refractivity contribution in [3.8, 4) is 22.9 Å². The summed E-state index contributed by atoms with van der Waals surface area (Å²) in [6.45, 7) is 0. The molecule has 0 radical (unpaired) electrons. The molecule has 1 heterocycles. The number of aromatic amines is 1. The fraction of sp³-hybridized carbons (Fsp3) is 0. The Labute approximate surface area is 129 Å². The number of benzene rings is 2. The number of nitrogens with one attached hydrogen (secondary N) is 1. The van der Waals surface area contributed by atoms with Gasteiger partial charge in [0, 0.05) is 5.56 Å². The molecule has 0 saturated heterocycles. The van der Waals surface area contributed by atoms with E-state index in [0.29, 0.717) is 16.3 Å². The summed E-state index contributed by atoms with van der Waals surface area (Å²) in [5.41, 5.74) is 1.11. The van der Waals surface area contributed by atoms with Crippen molar-refractivity contribution in [3.63, 3.8) is 0 Å². The highest BCUT2D eigenvalue weighted by atomic mass is 35.5. The van der Waals surface area contributed by atoms with E-state index in [2.05, 4.69) is 15.4 Å². The Kier molecular flexibility index (Phi) is 3.77. The number of halogens is 3. The maximum atomic E-state index is 13.0. The Morgan fingerprint density at radius 2 is 1.81 bits per heavy atom. The maximum Gasteiger partial charge on any atom is 0.266 e. The van der Waals surface area contributed by atoms with E-state index in [4.69, 9.17) is 27.9 Å². The standard InChI is InChI=1S/C14H8Cl2FN3O/c15-10-4-2-1-3-9(10)13-14(19-20-18-13)21-12-6-5-8(17)7-11(12)16/h1-7H,(H,18,19,20). The second kappa shape index (κ2) is 5.71. The normalized spacial score (nSPS) is 10.6. The fourth-order valence-corrected chi connectivity index (χ4v) is 2.21. The van der Waals surface area contributed by atoms with E-state index >= 15 is 0 Å². The van der Waals surface area contributed by atoms with Crippen LogP contribution in [0.3, 0.4) is 0 Å². The topological polar surface area (TPSA) is 50.8 Å². The zero-order valence-corrected chi connectivity index (χ0v) is 12.0. The number of aromatic nitrogens is 3. The summed E-state index contributed by atoms with van der Waals surface area (Å²) in [6, 6.07) is 11.0. The molecule has 0 amide bonds. The minimum absolute atomic E-state index is 0.142. The van der Waals surface area contributed by atoms with Crippen molar-refractivity contribution in [2.45, 2.75) is 0 Å². The van der Waals surface area contributed by atoms with Crippen LogP contribution >= 0.6 is 23.2 Å². The summed E-state index contributed by atoms with van der Waals surface area (Å²) >= 11 is 12.1. The van der Waals surface area contributed by atoms with Crippen LogP contribution in [0.1, 0.15) is 0 Å². The molecular weight excluding hydrogens is 316 g/mol. The predicted octanol–water partition coefficient (Wildman–Crippen LogP) is 4.71. The van der Waals surface area contributed by atoms with Crippen LogP contribution in [0.4, 0.5) is 4.39 Å². The van der Waals surface area contributed by atoms with E-state index < -0.39 is 5.82 Å². The number of rotatable bonds is 3. The van der Waals surface area contributed by atoms with E-state index in [1.165, 1.54) is 12.1 Å². The minimum atomic E-state index is -0.446. The minimum Gasteiger partial charge on any atom is -0.434 e. The SMILES string of the molecule is Fc1ccc(Oc2n[nH]nc2-c2ccccc2Cl)c(Cl)c1. The van der Waals surface area contributed by atoms with Crippen LogP contribution in [0.15, 0.2) is 42.5 Å². The molecule has 0 unspecified atom stereocenters. The van der Waals surface area contributed by atoms with Crippen LogP contribution in [0.25, 0.3) is 11.3 Å². The molecule has 0 bridgehead atoms. The highest BCUT2D eigenvalue weighted by molar-refractivity contribution is 6.33. The van der Waals surface area contributed by atoms with Gasteiger partial charge in [-0.2, -0.15) is 10.3 Å². The van der Waals surface area contributed by atoms with Gasteiger partial charge < -0.3 is 4.74 Å². The Morgan fingerprint density at radius 3 is 2.57 bits per heavy atom. The lowest BCUT2D eigenvalue weighted by atomic mass is 10.1. The van der Waals surface area contributed by atoms with Crippen LogP contribution in [0.2, 0.25) is 10.0 Å². The summed E-state index contributed by atoms with van der Waals surface area (Å²) in [5.74, 6) is 0.0377. The lowest BCUT2D eigenvalue weighted by Gasteiger charge is -2.06. The van der Waals surface area contributed by atoms with Gasteiger partial charge in [-0.25, -0.2) is 4.39 Å². The van der Waals surface area contributed by atoms with Crippen LogP contribution in [0, 0.1) is 5.82 Å².